The van der Waals surface area contributed by atoms with Crippen molar-refractivity contribution in [3.63, 3.8) is 0 Å². The SMILES string of the molecule is C#CC(NCC)c1ccccc1CC. The van der Waals surface area contributed by atoms with Crippen LogP contribution >= 0.6 is 0 Å². The standard InChI is InChI=1S/C13H17N/c1-4-11-9-7-8-10-12(11)13(5-2)14-6-3/h2,7-10,13-14H,4,6H2,1,3H3. The minimum Gasteiger partial charge on any atom is -0.300 e. The van der Waals surface area contributed by atoms with Crippen molar-refractivity contribution in [3.05, 3.63) is 35.4 Å². The van der Waals surface area contributed by atoms with Crippen LogP contribution in [0.3, 0.4) is 0 Å². The van der Waals surface area contributed by atoms with Gasteiger partial charge in [-0.25, -0.2) is 0 Å². The zero-order chi connectivity index (χ0) is 10.4. The van der Waals surface area contributed by atoms with E-state index in [2.05, 4.69) is 43.3 Å². The lowest BCUT2D eigenvalue weighted by Crippen LogP contribution is -2.20. The third kappa shape index (κ3) is 2.37. The van der Waals surface area contributed by atoms with E-state index in [1.165, 1.54) is 11.1 Å². The fourth-order valence-corrected chi connectivity index (χ4v) is 1.60. The Hall–Kier alpha value is -1.26. The van der Waals surface area contributed by atoms with Crippen LogP contribution in [0.1, 0.15) is 31.0 Å². The van der Waals surface area contributed by atoms with Gasteiger partial charge in [0.25, 0.3) is 0 Å². The van der Waals surface area contributed by atoms with Gasteiger partial charge in [0.05, 0.1) is 6.04 Å². The fraction of sp³-hybridized carbons (Fsp3) is 0.385. The predicted octanol–water partition coefficient (Wildman–Crippen LogP) is 2.53. The Morgan fingerprint density at radius 3 is 2.64 bits per heavy atom. The maximum Gasteiger partial charge on any atom is 0.0945 e. The summed E-state index contributed by atoms with van der Waals surface area (Å²) in [5, 5.41) is 3.29. The molecule has 0 aromatic heterocycles. The van der Waals surface area contributed by atoms with Gasteiger partial charge < -0.3 is 5.32 Å². The number of hydrogen-bond acceptors (Lipinski definition) is 1. The first-order valence-electron chi connectivity index (χ1n) is 5.10. The quantitative estimate of drug-likeness (QED) is 0.714. The first kappa shape index (κ1) is 10.8. The van der Waals surface area contributed by atoms with Gasteiger partial charge in [0.2, 0.25) is 0 Å². The molecule has 0 fully saturated rings. The summed E-state index contributed by atoms with van der Waals surface area (Å²) >= 11 is 0. The second-order valence-corrected chi connectivity index (χ2v) is 3.21. The lowest BCUT2D eigenvalue weighted by atomic mass is 9.99. The van der Waals surface area contributed by atoms with Crippen molar-refractivity contribution in [2.75, 3.05) is 6.54 Å². The average Bonchev–Trinajstić information content (AvgIpc) is 2.26. The van der Waals surface area contributed by atoms with Crippen LogP contribution < -0.4 is 5.32 Å². The highest BCUT2D eigenvalue weighted by Crippen LogP contribution is 2.17. The molecule has 0 saturated carbocycles. The first-order valence-corrected chi connectivity index (χ1v) is 5.10. The number of hydrogen-bond donors (Lipinski definition) is 1. The van der Waals surface area contributed by atoms with Gasteiger partial charge in [-0.15, -0.1) is 6.42 Å². The third-order valence-corrected chi connectivity index (χ3v) is 2.32. The summed E-state index contributed by atoms with van der Waals surface area (Å²) in [5.74, 6) is 2.78. The fourth-order valence-electron chi connectivity index (χ4n) is 1.60. The molecule has 1 aromatic carbocycles. The monoisotopic (exact) mass is 187 g/mol. The van der Waals surface area contributed by atoms with Crippen LogP contribution in [-0.4, -0.2) is 6.54 Å². The Balaban J connectivity index is 2.97. The van der Waals surface area contributed by atoms with Gasteiger partial charge in [-0.2, -0.15) is 0 Å². The molecular weight excluding hydrogens is 170 g/mol. The van der Waals surface area contributed by atoms with Crippen LogP contribution in [0.2, 0.25) is 0 Å². The maximum atomic E-state index is 5.50. The van der Waals surface area contributed by atoms with E-state index in [9.17, 15) is 0 Å². The molecule has 0 aliphatic heterocycles. The molecule has 0 radical (unpaired) electrons. The molecule has 0 aliphatic rings. The van der Waals surface area contributed by atoms with Gasteiger partial charge in [-0.3, -0.25) is 0 Å². The molecule has 0 amide bonds. The summed E-state index contributed by atoms with van der Waals surface area (Å²) in [6, 6.07) is 8.39. The normalized spacial score (nSPS) is 12.1. The van der Waals surface area contributed by atoms with E-state index >= 15 is 0 Å². The second kappa shape index (κ2) is 5.47. The molecule has 0 aliphatic carbocycles. The molecule has 1 atom stereocenters. The lowest BCUT2D eigenvalue weighted by molar-refractivity contribution is 0.659. The van der Waals surface area contributed by atoms with Gasteiger partial charge in [0, 0.05) is 0 Å². The second-order valence-electron chi connectivity index (χ2n) is 3.21. The van der Waals surface area contributed by atoms with Gasteiger partial charge in [-0.1, -0.05) is 44.0 Å². The van der Waals surface area contributed by atoms with E-state index in [1.54, 1.807) is 0 Å². The topological polar surface area (TPSA) is 12.0 Å². The Labute approximate surface area is 86.5 Å². The first-order chi connectivity index (χ1) is 6.83. The van der Waals surface area contributed by atoms with Crippen LogP contribution in [0.25, 0.3) is 0 Å². The maximum absolute atomic E-state index is 5.50. The highest BCUT2D eigenvalue weighted by atomic mass is 14.9. The predicted molar refractivity (Wildman–Crippen MR) is 61.1 cm³/mol. The van der Waals surface area contributed by atoms with Crippen molar-refractivity contribution in [3.8, 4) is 12.3 Å². The van der Waals surface area contributed by atoms with Crippen LogP contribution in [-0.2, 0) is 6.42 Å². The van der Waals surface area contributed by atoms with Gasteiger partial charge >= 0.3 is 0 Å². The molecule has 1 aromatic rings. The summed E-state index contributed by atoms with van der Waals surface area (Å²) in [6.07, 6.45) is 6.53. The van der Waals surface area contributed by atoms with Gasteiger partial charge in [0.15, 0.2) is 0 Å². The molecule has 0 heterocycles. The largest absolute Gasteiger partial charge is 0.300 e. The number of nitrogens with one attached hydrogen (secondary N) is 1. The molecule has 1 rings (SSSR count). The molecule has 74 valence electrons. The zero-order valence-corrected chi connectivity index (χ0v) is 8.88. The van der Waals surface area contributed by atoms with Crippen molar-refractivity contribution in [2.24, 2.45) is 0 Å². The Morgan fingerprint density at radius 2 is 2.07 bits per heavy atom. The van der Waals surface area contributed by atoms with Crippen LogP contribution in [0.5, 0.6) is 0 Å². The lowest BCUT2D eigenvalue weighted by Gasteiger charge is -2.15. The van der Waals surface area contributed by atoms with E-state index < -0.39 is 0 Å². The molecule has 1 nitrogen and oxygen atoms in total. The van der Waals surface area contributed by atoms with Crippen molar-refractivity contribution in [1.82, 2.24) is 5.32 Å². The van der Waals surface area contributed by atoms with Crippen LogP contribution in [0, 0.1) is 12.3 Å². The average molecular weight is 187 g/mol. The van der Waals surface area contributed by atoms with Crippen LogP contribution in [0.4, 0.5) is 0 Å². The number of aryl methyl sites for hydroxylation is 1. The van der Waals surface area contributed by atoms with E-state index in [1.807, 2.05) is 6.07 Å². The van der Waals surface area contributed by atoms with E-state index in [-0.39, 0.29) is 6.04 Å². The van der Waals surface area contributed by atoms with Crippen molar-refractivity contribution in [1.29, 1.82) is 0 Å². The van der Waals surface area contributed by atoms with E-state index in [4.69, 9.17) is 6.42 Å². The minimum absolute atomic E-state index is 0.0520. The van der Waals surface area contributed by atoms with Crippen molar-refractivity contribution in [2.45, 2.75) is 26.3 Å². The highest BCUT2D eigenvalue weighted by Gasteiger charge is 2.09. The summed E-state index contributed by atoms with van der Waals surface area (Å²) in [4.78, 5) is 0. The van der Waals surface area contributed by atoms with Gasteiger partial charge in [0.1, 0.15) is 0 Å². The number of terminal acetylenes is 1. The smallest absolute Gasteiger partial charge is 0.0945 e. The zero-order valence-electron chi connectivity index (χ0n) is 8.88. The van der Waals surface area contributed by atoms with Crippen LogP contribution in [0.15, 0.2) is 24.3 Å². The number of benzene rings is 1. The Morgan fingerprint density at radius 1 is 1.36 bits per heavy atom. The Bertz CT molecular complexity index is 322. The molecule has 1 heteroatoms. The summed E-state index contributed by atoms with van der Waals surface area (Å²) in [5.41, 5.74) is 2.57. The molecule has 1 unspecified atom stereocenters. The molecule has 1 N–H and O–H groups in total. The third-order valence-electron chi connectivity index (χ3n) is 2.32. The minimum atomic E-state index is 0.0520. The van der Waals surface area contributed by atoms with Gasteiger partial charge in [-0.05, 0) is 24.1 Å². The molecule has 0 spiro atoms. The summed E-state index contributed by atoms with van der Waals surface area (Å²) < 4.78 is 0. The van der Waals surface area contributed by atoms with Crippen molar-refractivity contribution >= 4 is 0 Å². The van der Waals surface area contributed by atoms with Crippen molar-refractivity contribution < 1.29 is 0 Å². The molecular formula is C13H17N. The molecule has 0 saturated heterocycles. The highest BCUT2D eigenvalue weighted by molar-refractivity contribution is 5.34. The number of rotatable bonds is 4. The summed E-state index contributed by atoms with van der Waals surface area (Å²) in [6.45, 7) is 5.12. The van der Waals surface area contributed by atoms with E-state index in [0.717, 1.165) is 13.0 Å². The summed E-state index contributed by atoms with van der Waals surface area (Å²) in [7, 11) is 0. The van der Waals surface area contributed by atoms with E-state index in [0.29, 0.717) is 0 Å². The Kier molecular flexibility index (Phi) is 4.22. The molecule has 0 bridgehead atoms. The molecule has 14 heavy (non-hydrogen) atoms.